The molecule has 0 spiro atoms. The van der Waals surface area contributed by atoms with Crippen molar-refractivity contribution in [3.63, 3.8) is 0 Å². The fraction of sp³-hybridized carbons (Fsp3) is 0.300. The molecule has 1 aliphatic heterocycles. The summed E-state index contributed by atoms with van der Waals surface area (Å²) in [7, 11) is 1.64. The lowest BCUT2D eigenvalue weighted by Crippen LogP contribution is -1.98. The van der Waals surface area contributed by atoms with Crippen molar-refractivity contribution in [1.29, 1.82) is 0 Å². The van der Waals surface area contributed by atoms with E-state index in [1.165, 1.54) is 5.57 Å². The first kappa shape index (κ1) is 8.78. The van der Waals surface area contributed by atoms with Gasteiger partial charge in [-0.1, -0.05) is 24.8 Å². The van der Waals surface area contributed by atoms with Crippen LogP contribution in [0.4, 0.5) is 0 Å². The van der Waals surface area contributed by atoms with Crippen LogP contribution < -0.4 is 0 Å². The molecule has 0 unspecified atom stereocenters. The molecule has 2 heteroatoms. The number of aliphatic imine (C=N–C) groups is 1. The first-order chi connectivity index (χ1) is 5.79. The van der Waals surface area contributed by atoms with Crippen LogP contribution in [-0.2, 0) is 4.74 Å². The van der Waals surface area contributed by atoms with Crippen LogP contribution in [0.15, 0.2) is 40.9 Å². The summed E-state index contributed by atoms with van der Waals surface area (Å²) in [6, 6.07) is 0. The number of allylic oxidation sites excluding steroid dienone is 2. The quantitative estimate of drug-likeness (QED) is 0.571. The van der Waals surface area contributed by atoms with E-state index in [0.717, 1.165) is 18.0 Å². The second-order valence-electron chi connectivity index (χ2n) is 2.57. The normalized spacial score (nSPS) is 17.0. The van der Waals surface area contributed by atoms with Crippen LogP contribution in [0.25, 0.3) is 0 Å². The first-order valence-corrected chi connectivity index (χ1v) is 3.87. The van der Waals surface area contributed by atoms with E-state index in [-0.39, 0.29) is 0 Å². The Morgan fingerprint density at radius 2 is 2.33 bits per heavy atom. The summed E-state index contributed by atoms with van der Waals surface area (Å²) in [6.45, 7) is 6.34. The molecular weight excluding hydrogens is 150 g/mol. The number of ether oxygens (including phenoxy) is 1. The zero-order chi connectivity index (χ0) is 8.97. The highest BCUT2D eigenvalue weighted by molar-refractivity contribution is 5.96. The SMILES string of the molecule is C=C/C=C\C1=C(C)C(OC)=NC1. The lowest BCUT2D eigenvalue weighted by Gasteiger charge is -1.98. The molecule has 2 nitrogen and oxygen atoms in total. The van der Waals surface area contributed by atoms with E-state index in [0.29, 0.717) is 0 Å². The van der Waals surface area contributed by atoms with Gasteiger partial charge in [0.15, 0.2) is 0 Å². The number of nitrogens with zero attached hydrogens (tertiary/aromatic N) is 1. The number of hydrogen-bond donors (Lipinski definition) is 0. The summed E-state index contributed by atoms with van der Waals surface area (Å²) in [5.74, 6) is 0.749. The fourth-order valence-corrected chi connectivity index (χ4v) is 1.11. The summed E-state index contributed by atoms with van der Waals surface area (Å²) in [4.78, 5) is 4.20. The Hall–Kier alpha value is -1.31. The van der Waals surface area contributed by atoms with Gasteiger partial charge >= 0.3 is 0 Å². The van der Waals surface area contributed by atoms with Gasteiger partial charge in [0.05, 0.1) is 13.7 Å². The second kappa shape index (κ2) is 3.90. The number of methoxy groups -OCH3 is 1. The van der Waals surface area contributed by atoms with Crippen molar-refractivity contribution in [1.82, 2.24) is 0 Å². The Kier molecular flexibility index (Phi) is 2.86. The predicted molar refractivity (Wildman–Crippen MR) is 51.3 cm³/mol. The van der Waals surface area contributed by atoms with Crippen LogP contribution in [0.1, 0.15) is 6.92 Å². The minimum atomic E-state index is 0.722. The number of hydrogen-bond acceptors (Lipinski definition) is 2. The largest absolute Gasteiger partial charge is 0.481 e. The van der Waals surface area contributed by atoms with Crippen LogP contribution in [0.5, 0.6) is 0 Å². The monoisotopic (exact) mass is 163 g/mol. The topological polar surface area (TPSA) is 21.6 Å². The van der Waals surface area contributed by atoms with Gasteiger partial charge in [0.2, 0.25) is 5.90 Å². The van der Waals surface area contributed by atoms with Crippen molar-refractivity contribution in [2.45, 2.75) is 6.92 Å². The summed E-state index contributed by atoms with van der Waals surface area (Å²) in [5, 5.41) is 0. The second-order valence-corrected chi connectivity index (χ2v) is 2.57. The third-order valence-electron chi connectivity index (χ3n) is 1.82. The van der Waals surface area contributed by atoms with Gasteiger partial charge in [0.1, 0.15) is 0 Å². The minimum absolute atomic E-state index is 0.722. The van der Waals surface area contributed by atoms with Crippen molar-refractivity contribution in [3.8, 4) is 0 Å². The van der Waals surface area contributed by atoms with Crippen LogP contribution in [-0.4, -0.2) is 19.6 Å². The lowest BCUT2D eigenvalue weighted by molar-refractivity contribution is 0.404. The van der Waals surface area contributed by atoms with Gasteiger partial charge in [-0.3, -0.25) is 0 Å². The van der Waals surface area contributed by atoms with Crippen LogP contribution >= 0.6 is 0 Å². The molecule has 1 aliphatic rings. The van der Waals surface area contributed by atoms with Crippen molar-refractivity contribution in [2.75, 3.05) is 13.7 Å². The third-order valence-corrected chi connectivity index (χ3v) is 1.82. The lowest BCUT2D eigenvalue weighted by atomic mass is 10.1. The molecule has 0 radical (unpaired) electrons. The molecule has 0 saturated carbocycles. The summed E-state index contributed by atoms with van der Waals surface area (Å²) < 4.78 is 5.07. The zero-order valence-corrected chi connectivity index (χ0v) is 7.50. The van der Waals surface area contributed by atoms with Gasteiger partial charge in [-0.2, -0.15) is 0 Å². The molecule has 1 heterocycles. The summed E-state index contributed by atoms with van der Waals surface area (Å²) in [5.41, 5.74) is 2.32. The van der Waals surface area contributed by atoms with Gasteiger partial charge in [0, 0.05) is 5.57 Å². The molecule has 0 amide bonds. The highest BCUT2D eigenvalue weighted by atomic mass is 16.5. The maximum Gasteiger partial charge on any atom is 0.211 e. The average Bonchev–Trinajstić information content (AvgIpc) is 2.43. The van der Waals surface area contributed by atoms with Gasteiger partial charge in [-0.15, -0.1) is 0 Å². The Balaban J connectivity index is 2.77. The minimum Gasteiger partial charge on any atom is -0.481 e. The highest BCUT2D eigenvalue weighted by Crippen LogP contribution is 2.16. The van der Waals surface area contributed by atoms with E-state index in [4.69, 9.17) is 4.74 Å². The van der Waals surface area contributed by atoms with E-state index in [2.05, 4.69) is 11.6 Å². The molecule has 12 heavy (non-hydrogen) atoms. The third kappa shape index (κ3) is 1.64. The molecule has 0 bridgehead atoms. The van der Waals surface area contributed by atoms with Crippen LogP contribution in [0.3, 0.4) is 0 Å². The molecule has 0 atom stereocenters. The predicted octanol–water partition coefficient (Wildman–Crippen LogP) is 2.10. The molecule has 0 aliphatic carbocycles. The van der Waals surface area contributed by atoms with Crippen molar-refractivity contribution in [3.05, 3.63) is 36.0 Å². The Morgan fingerprint density at radius 1 is 1.58 bits per heavy atom. The van der Waals surface area contributed by atoms with Crippen molar-refractivity contribution >= 4 is 5.90 Å². The smallest absolute Gasteiger partial charge is 0.211 e. The number of rotatable bonds is 2. The molecule has 0 saturated heterocycles. The van der Waals surface area contributed by atoms with Crippen LogP contribution in [0, 0.1) is 0 Å². The van der Waals surface area contributed by atoms with Crippen LogP contribution in [0.2, 0.25) is 0 Å². The molecule has 64 valence electrons. The Labute approximate surface area is 73.0 Å². The van der Waals surface area contributed by atoms with Gasteiger partial charge < -0.3 is 4.74 Å². The van der Waals surface area contributed by atoms with E-state index >= 15 is 0 Å². The van der Waals surface area contributed by atoms with Crippen molar-refractivity contribution < 1.29 is 4.74 Å². The molecule has 0 aromatic carbocycles. The average molecular weight is 163 g/mol. The maximum atomic E-state index is 5.07. The first-order valence-electron chi connectivity index (χ1n) is 3.87. The zero-order valence-electron chi connectivity index (χ0n) is 7.50. The van der Waals surface area contributed by atoms with E-state index < -0.39 is 0 Å². The molecular formula is C10H13NO. The van der Waals surface area contributed by atoms with E-state index in [1.807, 2.05) is 19.1 Å². The van der Waals surface area contributed by atoms with Gasteiger partial charge in [0.25, 0.3) is 0 Å². The highest BCUT2D eigenvalue weighted by Gasteiger charge is 2.12. The molecule has 0 aromatic rings. The fourth-order valence-electron chi connectivity index (χ4n) is 1.11. The molecule has 1 rings (SSSR count). The Morgan fingerprint density at radius 3 is 2.83 bits per heavy atom. The molecule has 0 fully saturated rings. The van der Waals surface area contributed by atoms with E-state index in [9.17, 15) is 0 Å². The standard InChI is InChI=1S/C10H13NO/c1-4-5-6-9-7-11-10(12-3)8(9)2/h4-6H,1,7H2,2-3H3/b6-5-. The van der Waals surface area contributed by atoms with E-state index in [1.54, 1.807) is 13.2 Å². The Bertz CT molecular complexity index is 272. The van der Waals surface area contributed by atoms with Gasteiger partial charge in [-0.25, -0.2) is 4.99 Å². The van der Waals surface area contributed by atoms with Crippen molar-refractivity contribution in [2.24, 2.45) is 4.99 Å². The maximum absolute atomic E-state index is 5.07. The molecule has 0 aromatic heterocycles. The van der Waals surface area contributed by atoms with Gasteiger partial charge in [-0.05, 0) is 12.5 Å². The summed E-state index contributed by atoms with van der Waals surface area (Å²) in [6.07, 6.45) is 5.68. The molecule has 0 N–H and O–H groups in total. The summed E-state index contributed by atoms with van der Waals surface area (Å²) >= 11 is 0.